The molecule has 1 aliphatic heterocycles. The Morgan fingerprint density at radius 3 is 2.40 bits per heavy atom. The van der Waals surface area contributed by atoms with E-state index in [1.165, 1.54) is 0 Å². The summed E-state index contributed by atoms with van der Waals surface area (Å²) in [7, 11) is 0. The monoisotopic (exact) mass is 156 g/mol. The zero-order valence-electron chi connectivity index (χ0n) is 6.02. The molecule has 0 bridgehead atoms. The molecule has 1 aromatic carbocycles. The summed E-state index contributed by atoms with van der Waals surface area (Å²) in [6.07, 6.45) is 0. The molecule has 0 fully saturated rings. The lowest BCUT2D eigenvalue weighted by atomic mass is 10.4. The quantitative estimate of drug-likeness (QED) is 0.532. The van der Waals surface area contributed by atoms with Gasteiger partial charge < -0.3 is 4.74 Å². The number of hydrogen-bond acceptors (Lipinski definition) is 1. The van der Waals surface area contributed by atoms with Crippen LogP contribution >= 0.6 is 11.6 Å². The van der Waals surface area contributed by atoms with Crippen LogP contribution in [0.15, 0.2) is 18.2 Å². The maximum Gasteiger partial charge on any atom is 0.171 e. The molecule has 0 radical (unpaired) electrons. The third kappa shape index (κ3) is 1.42. The molecule has 1 heterocycles. The van der Waals surface area contributed by atoms with Crippen LogP contribution in [0.3, 0.4) is 0 Å². The van der Waals surface area contributed by atoms with Gasteiger partial charge in [-0.3, -0.25) is 0 Å². The van der Waals surface area contributed by atoms with Crippen molar-refractivity contribution in [2.45, 2.75) is 13.8 Å². The molecule has 0 aromatic heterocycles. The predicted octanol–water partition coefficient (Wildman–Crippen LogP) is 3.47. The van der Waals surface area contributed by atoms with Crippen molar-refractivity contribution in [3.8, 4) is 11.5 Å². The van der Waals surface area contributed by atoms with Gasteiger partial charge in [0.15, 0.2) is 11.5 Å². The molecule has 2 heteroatoms. The van der Waals surface area contributed by atoms with E-state index in [1.807, 2.05) is 26.0 Å². The normalized spacial score (nSPS) is 10.3. The van der Waals surface area contributed by atoms with Gasteiger partial charge in [-0.1, -0.05) is 25.4 Å². The fourth-order valence-corrected chi connectivity index (χ4v) is 0.800. The van der Waals surface area contributed by atoms with Gasteiger partial charge in [-0.05, 0) is 12.1 Å². The minimum Gasteiger partial charge on any atom is -0.449 e. The van der Waals surface area contributed by atoms with Crippen LogP contribution < -0.4 is 4.74 Å². The molecule has 1 aromatic rings. The highest BCUT2D eigenvalue weighted by Crippen LogP contribution is 2.45. The fourth-order valence-electron chi connectivity index (χ4n) is 0.638. The summed E-state index contributed by atoms with van der Waals surface area (Å²) in [5, 5.41) is 0.737. The van der Waals surface area contributed by atoms with Crippen molar-refractivity contribution in [3.63, 3.8) is 0 Å². The predicted molar refractivity (Wildman–Crippen MR) is 42.9 cm³/mol. The van der Waals surface area contributed by atoms with Crippen molar-refractivity contribution < 1.29 is 4.74 Å². The summed E-state index contributed by atoms with van der Waals surface area (Å²) in [5.74, 6) is 1.87. The van der Waals surface area contributed by atoms with E-state index in [-0.39, 0.29) is 0 Å². The van der Waals surface area contributed by atoms with Gasteiger partial charge in [0.05, 0.1) is 0 Å². The fraction of sp³-hybridized carbons (Fsp3) is 0.250. The number of benzene rings is 1. The highest BCUT2D eigenvalue weighted by atomic mass is 35.5. The second-order valence-electron chi connectivity index (χ2n) is 1.69. The number of rotatable bonds is 0. The van der Waals surface area contributed by atoms with E-state index in [0.717, 1.165) is 16.5 Å². The maximum atomic E-state index is 5.60. The Balaban J connectivity index is 0.000000231. The van der Waals surface area contributed by atoms with Crippen LogP contribution in [0.25, 0.3) is 0 Å². The number of hydrogen-bond donors (Lipinski definition) is 0. The molecule has 0 saturated heterocycles. The van der Waals surface area contributed by atoms with Gasteiger partial charge in [0.2, 0.25) is 0 Å². The molecule has 10 heavy (non-hydrogen) atoms. The summed E-state index contributed by atoms with van der Waals surface area (Å²) in [5.41, 5.74) is 0. The molecule has 0 N–H and O–H groups in total. The Morgan fingerprint density at radius 2 is 1.90 bits per heavy atom. The average Bonchev–Trinajstić information content (AvgIpc) is 2.70. The van der Waals surface area contributed by atoms with E-state index in [1.54, 1.807) is 6.07 Å². The minimum absolute atomic E-state index is 0.737. The molecule has 0 aliphatic carbocycles. The van der Waals surface area contributed by atoms with Crippen molar-refractivity contribution in [2.24, 2.45) is 0 Å². The summed E-state index contributed by atoms with van der Waals surface area (Å²) in [4.78, 5) is 0. The van der Waals surface area contributed by atoms with E-state index in [4.69, 9.17) is 16.3 Å². The Kier molecular flexibility index (Phi) is 2.17. The van der Waals surface area contributed by atoms with Crippen LogP contribution in [0.2, 0.25) is 5.02 Å². The highest BCUT2D eigenvalue weighted by Gasteiger charge is 2.18. The third-order valence-electron chi connectivity index (χ3n) is 1.08. The zero-order valence-corrected chi connectivity index (χ0v) is 6.77. The standard InChI is InChI=1S/C6H3ClO.C2H6/c7-4-1-2-5-6(3-4)8-5;1-2/h1-3H;1-2H3. The van der Waals surface area contributed by atoms with Gasteiger partial charge in [-0.15, -0.1) is 0 Å². The van der Waals surface area contributed by atoms with Gasteiger partial charge >= 0.3 is 0 Å². The molecule has 1 aliphatic rings. The molecule has 54 valence electrons. The average molecular weight is 157 g/mol. The number of ether oxygens (including phenoxy) is 1. The largest absolute Gasteiger partial charge is 0.449 e. The maximum absolute atomic E-state index is 5.60. The van der Waals surface area contributed by atoms with Gasteiger partial charge in [0, 0.05) is 11.1 Å². The van der Waals surface area contributed by atoms with Crippen molar-refractivity contribution in [2.75, 3.05) is 0 Å². The van der Waals surface area contributed by atoms with Gasteiger partial charge in [-0.25, -0.2) is 0 Å². The van der Waals surface area contributed by atoms with Crippen LogP contribution in [0.5, 0.6) is 11.5 Å². The third-order valence-corrected chi connectivity index (χ3v) is 1.32. The molecule has 2 rings (SSSR count). The van der Waals surface area contributed by atoms with E-state index < -0.39 is 0 Å². The Labute approximate surface area is 65.6 Å². The summed E-state index contributed by atoms with van der Waals surface area (Å²) >= 11 is 5.60. The lowest BCUT2D eigenvalue weighted by molar-refractivity contribution is 0.650. The molecule has 0 spiro atoms. The summed E-state index contributed by atoms with van der Waals surface area (Å²) in [6.45, 7) is 4.00. The smallest absolute Gasteiger partial charge is 0.171 e. The summed E-state index contributed by atoms with van der Waals surface area (Å²) < 4.78 is 4.93. The van der Waals surface area contributed by atoms with E-state index in [2.05, 4.69) is 0 Å². The van der Waals surface area contributed by atoms with Gasteiger partial charge in [-0.2, -0.15) is 0 Å². The highest BCUT2D eigenvalue weighted by molar-refractivity contribution is 6.30. The lowest BCUT2D eigenvalue weighted by Gasteiger charge is -1.74. The van der Waals surface area contributed by atoms with Crippen molar-refractivity contribution >= 4 is 11.6 Å². The first kappa shape index (κ1) is 7.42. The first-order valence-electron chi connectivity index (χ1n) is 3.34. The van der Waals surface area contributed by atoms with Gasteiger partial charge in [0.1, 0.15) is 0 Å². The van der Waals surface area contributed by atoms with Crippen molar-refractivity contribution in [3.05, 3.63) is 23.2 Å². The van der Waals surface area contributed by atoms with E-state index in [9.17, 15) is 0 Å². The first-order chi connectivity index (χ1) is 4.86. The van der Waals surface area contributed by atoms with Crippen LogP contribution in [-0.2, 0) is 0 Å². The second-order valence-corrected chi connectivity index (χ2v) is 2.13. The Morgan fingerprint density at radius 1 is 1.20 bits per heavy atom. The molecule has 0 atom stereocenters. The number of fused-ring (bicyclic) bond motifs is 1. The van der Waals surface area contributed by atoms with E-state index in [0.29, 0.717) is 0 Å². The van der Waals surface area contributed by atoms with Crippen molar-refractivity contribution in [1.82, 2.24) is 0 Å². The molecule has 0 amide bonds. The van der Waals surface area contributed by atoms with Crippen molar-refractivity contribution in [1.29, 1.82) is 0 Å². The molecule has 0 unspecified atom stereocenters. The van der Waals surface area contributed by atoms with Crippen LogP contribution in [0.1, 0.15) is 13.8 Å². The topological polar surface area (TPSA) is 12.5 Å². The van der Waals surface area contributed by atoms with Crippen LogP contribution in [-0.4, -0.2) is 0 Å². The Bertz CT molecular complexity index is 232. The number of halogens is 1. The van der Waals surface area contributed by atoms with Crippen LogP contribution in [0.4, 0.5) is 0 Å². The van der Waals surface area contributed by atoms with Crippen LogP contribution in [0, 0.1) is 0 Å². The minimum atomic E-state index is 0.737. The summed E-state index contributed by atoms with van der Waals surface area (Å²) in [6, 6.07) is 5.47. The zero-order chi connectivity index (χ0) is 7.56. The molecular weight excluding hydrogens is 148 g/mol. The molecular formula is C8H9ClO. The van der Waals surface area contributed by atoms with Gasteiger partial charge in [0.25, 0.3) is 0 Å². The second kappa shape index (κ2) is 2.93. The SMILES string of the molecule is CC.Clc1ccc2c(c1)O2. The molecule has 1 nitrogen and oxygen atoms in total. The molecule has 0 saturated carbocycles. The van der Waals surface area contributed by atoms with E-state index >= 15 is 0 Å². The first-order valence-corrected chi connectivity index (χ1v) is 3.71. The Hall–Kier alpha value is -0.690. The lowest BCUT2D eigenvalue weighted by Crippen LogP contribution is -1.48.